The highest BCUT2D eigenvalue weighted by Crippen LogP contribution is 2.29. The second-order valence-electron chi connectivity index (χ2n) is 6.32. The predicted molar refractivity (Wildman–Crippen MR) is 86.8 cm³/mol. The molecule has 2 heterocycles. The fourth-order valence-corrected chi connectivity index (χ4v) is 3.61. The number of rotatable bonds is 3. The zero-order chi connectivity index (χ0) is 14.7. The van der Waals surface area contributed by atoms with Crippen molar-refractivity contribution < 1.29 is 4.79 Å². The average Bonchev–Trinajstić information content (AvgIpc) is 2.54. The number of piperidine rings is 1. The number of fused-ring (bicyclic) bond motifs is 1. The van der Waals surface area contributed by atoms with Gasteiger partial charge in [-0.25, -0.2) is 0 Å². The van der Waals surface area contributed by atoms with Gasteiger partial charge in [-0.15, -0.1) is 0 Å². The van der Waals surface area contributed by atoms with E-state index in [1.807, 2.05) is 11.8 Å². The molecular weight excluding hydrogens is 260 g/mol. The summed E-state index contributed by atoms with van der Waals surface area (Å²) >= 11 is 0. The molecule has 1 atom stereocenters. The van der Waals surface area contributed by atoms with E-state index in [2.05, 4.69) is 23.5 Å². The molecule has 2 aliphatic heterocycles. The van der Waals surface area contributed by atoms with Crippen LogP contribution in [0, 0.1) is 0 Å². The molecule has 1 saturated heterocycles. The summed E-state index contributed by atoms with van der Waals surface area (Å²) in [6, 6.07) is 7.35. The standard InChI is InChI=1S/C18H26N2O/c1-2-18(21)20-11-5-6-15-12-14(8-9-17(15)20)13-16-7-3-4-10-19-16/h8-9,12,16,19H,2-7,10-11,13H2,1H3. The van der Waals surface area contributed by atoms with Crippen molar-refractivity contribution in [3.63, 3.8) is 0 Å². The van der Waals surface area contributed by atoms with Gasteiger partial charge in [0.2, 0.25) is 5.91 Å². The third-order valence-electron chi connectivity index (χ3n) is 4.76. The number of nitrogens with one attached hydrogen (secondary N) is 1. The lowest BCUT2D eigenvalue weighted by molar-refractivity contribution is -0.118. The number of benzene rings is 1. The second-order valence-corrected chi connectivity index (χ2v) is 6.32. The molecule has 1 N–H and O–H groups in total. The lowest BCUT2D eigenvalue weighted by atomic mass is 9.93. The monoisotopic (exact) mass is 286 g/mol. The Morgan fingerprint density at radius 2 is 2.24 bits per heavy atom. The molecular formula is C18H26N2O. The molecule has 0 radical (unpaired) electrons. The van der Waals surface area contributed by atoms with Crippen LogP contribution in [0.1, 0.15) is 50.2 Å². The van der Waals surface area contributed by atoms with Crippen molar-refractivity contribution in [3.05, 3.63) is 29.3 Å². The van der Waals surface area contributed by atoms with Crippen LogP contribution in [0.3, 0.4) is 0 Å². The smallest absolute Gasteiger partial charge is 0.226 e. The maximum Gasteiger partial charge on any atom is 0.226 e. The molecule has 21 heavy (non-hydrogen) atoms. The number of amides is 1. The van der Waals surface area contributed by atoms with E-state index >= 15 is 0 Å². The fourth-order valence-electron chi connectivity index (χ4n) is 3.61. The summed E-state index contributed by atoms with van der Waals surface area (Å²) in [5.74, 6) is 0.248. The molecule has 1 aromatic rings. The number of hydrogen-bond acceptors (Lipinski definition) is 2. The van der Waals surface area contributed by atoms with E-state index in [0.717, 1.165) is 38.0 Å². The van der Waals surface area contributed by atoms with Crippen LogP contribution in [-0.2, 0) is 17.6 Å². The van der Waals surface area contributed by atoms with E-state index < -0.39 is 0 Å². The molecule has 1 fully saturated rings. The lowest BCUT2D eigenvalue weighted by Gasteiger charge is -2.30. The van der Waals surface area contributed by atoms with E-state index in [-0.39, 0.29) is 5.91 Å². The topological polar surface area (TPSA) is 32.3 Å². The van der Waals surface area contributed by atoms with Crippen LogP contribution < -0.4 is 10.2 Å². The number of anilines is 1. The first kappa shape index (κ1) is 14.6. The van der Waals surface area contributed by atoms with Gasteiger partial charge in [-0.1, -0.05) is 25.5 Å². The van der Waals surface area contributed by atoms with Gasteiger partial charge < -0.3 is 10.2 Å². The van der Waals surface area contributed by atoms with Gasteiger partial charge >= 0.3 is 0 Å². The minimum Gasteiger partial charge on any atom is -0.314 e. The van der Waals surface area contributed by atoms with Crippen LogP contribution in [0.4, 0.5) is 5.69 Å². The first-order chi connectivity index (χ1) is 10.3. The Bertz CT molecular complexity index is 506. The Hall–Kier alpha value is -1.35. The van der Waals surface area contributed by atoms with Gasteiger partial charge in [-0.3, -0.25) is 4.79 Å². The summed E-state index contributed by atoms with van der Waals surface area (Å²) in [6.07, 6.45) is 7.86. The Balaban J connectivity index is 1.75. The van der Waals surface area contributed by atoms with Gasteiger partial charge in [-0.2, -0.15) is 0 Å². The highest BCUT2D eigenvalue weighted by molar-refractivity contribution is 5.94. The SMILES string of the molecule is CCC(=O)N1CCCc2cc(CC3CCCCN3)ccc21. The summed E-state index contributed by atoms with van der Waals surface area (Å²) in [5, 5.41) is 3.62. The summed E-state index contributed by atoms with van der Waals surface area (Å²) in [4.78, 5) is 14.0. The zero-order valence-electron chi connectivity index (χ0n) is 13.0. The molecule has 0 bridgehead atoms. The molecule has 0 saturated carbocycles. The lowest BCUT2D eigenvalue weighted by Crippen LogP contribution is -2.36. The van der Waals surface area contributed by atoms with Crippen molar-refractivity contribution in [1.29, 1.82) is 0 Å². The summed E-state index contributed by atoms with van der Waals surface area (Å²) in [6.45, 7) is 3.98. The predicted octanol–water partition coefficient (Wildman–Crippen LogP) is 3.06. The summed E-state index contributed by atoms with van der Waals surface area (Å²) in [5.41, 5.74) is 3.92. The Labute approximate surface area is 127 Å². The Morgan fingerprint density at radius 1 is 1.33 bits per heavy atom. The number of hydrogen-bond donors (Lipinski definition) is 1. The van der Waals surface area contributed by atoms with E-state index in [0.29, 0.717) is 12.5 Å². The molecule has 3 heteroatoms. The quantitative estimate of drug-likeness (QED) is 0.926. The third kappa shape index (κ3) is 3.29. The Morgan fingerprint density at radius 3 is 3.00 bits per heavy atom. The van der Waals surface area contributed by atoms with E-state index in [9.17, 15) is 4.79 Å². The molecule has 0 spiro atoms. The van der Waals surface area contributed by atoms with Crippen molar-refractivity contribution in [2.45, 2.75) is 57.9 Å². The second kappa shape index (κ2) is 6.61. The number of carbonyl (C=O) groups is 1. The molecule has 0 aromatic heterocycles. The van der Waals surface area contributed by atoms with Crippen LogP contribution in [-0.4, -0.2) is 25.0 Å². The van der Waals surface area contributed by atoms with Crippen LogP contribution in [0.2, 0.25) is 0 Å². The highest BCUT2D eigenvalue weighted by Gasteiger charge is 2.22. The van der Waals surface area contributed by atoms with Crippen LogP contribution in [0.25, 0.3) is 0 Å². The van der Waals surface area contributed by atoms with Gasteiger partial charge in [-0.05, 0) is 55.8 Å². The average molecular weight is 286 g/mol. The molecule has 1 aromatic carbocycles. The molecule has 1 unspecified atom stereocenters. The Kier molecular flexibility index (Phi) is 4.59. The van der Waals surface area contributed by atoms with E-state index in [1.165, 1.54) is 30.4 Å². The fraction of sp³-hybridized carbons (Fsp3) is 0.611. The largest absolute Gasteiger partial charge is 0.314 e. The number of nitrogens with zero attached hydrogens (tertiary/aromatic N) is 1. The van der Waals surface area contributed by atoms with Crippen LogP contribution in [0.5, 0.6) is 0 Å². The van der Waals surface area contributed by atoms with Crippen molar-refractivity contribution in [3.8, 4) is 0 Å². The molecule has 114 valence electrons. The maximum absolute atomic E-state index is 12.0. The molecule has 2 aliphatic rings. The van der Waals surface area contributed by atoms with Crippen molar-refractivity contribution in [2.75, 3.05) is 18.0 Å². The zero-order valence-corrected chi connectivity index (χ0v) is 13.0. The molecule has 0 aliphatic carbocycles. The first-order valence-corrected chi connectivity index (χ1v) is 8.43. The maximum atomic E-state index is 12.0. The van der Waals surface area contributed by atoms with Crippen LogP contribution in [0.15, 0.2) is 18.2 Å². The van der Waals surface area contributed by atoms with E-state index in [4.69, 9.17) is 0 Å². The van der Waals surface area contributed by atoms with Gasteiger partial charge in [0.15, 0.2) is 0 Å². The number of aryl methyl sites for hydroxylation is 1. The minimum absolute atomic E-state index is 0.248. The highest BCUT2D eigenvalue weighted by atomic mass is 16.2. The normalized spacial score (nSPS) is 22.0. The van der Waals surface area contributed by atoms with Crippen molar-refractivity contribution >= 4 is 11.6 Å². The van der Waals surface area contributed by atoms with Gasteiger partial charge in [0, 0.05) is 24.7 Å². The van der Waals surface area contributed by atoms with Gasteiger partial charge in [0.05, 0.1) is 0 Å². The van der Waals surface area contributed by atoms with Gasteiger partial charge in [0.1, 0.15) is 0 Å². The number of carbonyl (C=O) groups excluding carboxylic acids is 1. The first-order valence-electron chi connectivity index (χ1n) is 8.43. The van der Waals surface area contributed by atoms with Crippen LogP contribution >= 0.6 is 0 Å². The molecule has 1 amide bonds. The summed E-state index contributed by atoms with van der Waals surface area (Å²) < 4.78 is 0. The van der Waals surface area contributed by atoms with E-state index in [1.54, 1.807) is 0 Å². The third-order valence-corrected chi connectivity index (χ3v) is 4.76. The van der Waals surface area contributed by atoms with Gasteiger partial charge in [0.25, 0.3) is 0 Å². The summed E-state index contributed by atoms with van der Waals surface area (Å²) in [7, 11) is 0. The minimum atomic E-state index is 0.248. The van der Waals surface area contributed by atoms with Crippen molar-refractivity contribution in [2.24, 2.45) is 0 Å². The molecule has 3 nitrogen and oxygen atoms in total. The molecule has 3 rings (SSSR count). The van der Waals surface area contributed by atoms with Crippen molar-refractivity contribution in [1.82, 2.24) is 5.32 Å².